The van der Waals surface area contributed by atoms with E-state index >= 15 is 0 Å². The van der Waals surface area contributed by atoms with Gasteiger partial charge in [0.2, 0.25) is 0 Å². The third-order valence-corrected chi connectivity index (χ3v) is 2.59. The number of benzene rings is 1. The van der Waals surface area contributed by atoms with Crippen molar-refractivity contribution in [2.45, 2.75) is 6.92 Å². The van der Waals surface area contributed by atoms with Crippen LogP contribution in [0.1, 0.15) is 5.56 Å². The number of aromatic nitrogens is 1. The van der Waals surface area contributed by atoms with E-state index in [2.05, 4.69) is 10.3 Å². The summed E-state index contributed by atoms with van der Waals surface area (Å²) in [4.78, 5) is 14.2. The van der Waals surface area contributed by atoms with E-state index in [4.69, 9.17) is 11.6 Å². The van der Waals surface area contributed by atoms with Crippen molar-refractivity contribution in [2.24, 2.45) is 0 Å². The first-order valence-corrected chi connectivity index (χ1v) is 5.58. The normalized spacial score (nSPS) is 10.1. The maximum Gasteiger partial charge on any atom is 0.276 e. The molecule has 0 spiro atoms. The number of anilines is 2. The minimum Gasteiger partial charge on any atom is -0.340 e. The van der Waals surface area contributed by atoms with Crippen LogP contribution < -0.4 is 5.32 Å². The van der Waals surface area contributed by atoms with E-state index in [1.54, 1.807) is 0 Å². The predicted molar refractivity (Wildman–Crippen MR) is 70.4 cm³/mol. The Balaban J connectivity index is 2.35. The molecule has 1 aromatic heterocycles. The second kappa shape index (κ2) is 5.01. The summed E-state index contributed by atoms with van der Waals surface area (Å²) in [7, 11) is 0. The zero-order valence-electron chi connectivity index (χ0n) is 9.55. The molecule has 0 atom stereocenters. The fourth-order valence-electron chi connectivity index (χ4n) is 1.50. The van der Waals surface area contributed by atoms with Gasteiger partial charge in [-0.15, -0.1) is 0 Å². The molecule has 0 aliphatic rings. The van der Waals surface area contributed by atoms with Crippen molar-refractivity contribution in [1.82, 2.24) is 4.98 Å². The number of hydrogen-bond acceptors (Lipinski definition) is 4. The highest BCUT2D eigenvalue weighted by molar-refractivity contribution is 6.29. The molecule has 0 amide bonds. The quantitative estimate of drug-likeness (QED) is 0.521. The molecular formula is C12H10ClN3O2. The molecule has 0 unspecified atom stereocenters. The second-order valence-electron chi connectivity index (χ2n) is 3.73. The van der Waals surface area contributed by atoms with Crippen LogP contribution in [0.3, 0.4) is 0 Å². The minimum absolute atomic E-state index is 0.0836. The summed E-state index contributed by atoms with van der Waals surface area (Å²) >= 11 is 5.74. The summed E-state index contributed by atoms with van der Waals surface area (Å²) in [6.07, 6.45) is 0. The lowest BCUT2D eigenvalue weighted by Gasteiger charge is -2.08. The van der Waals surface area contributed by atoms with Crippen molar-refractivity contribution < 1.29 is 4.92 Å². The van der Waals surface area contributed by atoms with Gasteiger partial charge in [-0.05, 0) is 18.6 Å². The van der Waals surface area contributed by atoms with Crippen LogP contribution >= 0.6 is 11.6 Å². The molecule has 5 nitrogen and oxygen atoms in total. The molecule has 1 aromatic carbocycles. The SMILES string of the molecule is Cc1ccccc1Nc1cc([N+](=O)[O-])cc(Cl)n1. The Bertz CT molecular complexity index is 602. The average Bonchev–Trinajstić information content (AvgIpc) is 2.31. The van der Waals surface area contributed by atoms with Crippen molar-refractivity contribution in [2.75, 3.05) is 5.32 Å². The summed E-state index contributed by atoms with van der Waals surface area (Å²) in [5.41, 5.74) is 1.76. The van der Waals surface area contributed by atoms with Crippen LogP contribution in [0.2, 0.25) is 5.15 Å². The second-order valence-corrected chi connectivity index (χ2v) is 4.12. The fraction of sp³-hybridized carbons (Fsp3) is 0.0833. The van der Waals surface area contributed by atoms with Gasteiger partial charge < -0.3 is 5.32 Å². The largest absolute Gasteiger partial charge is 0.340 e. The maximum absolute atomic E-state index is 10.7. The first-order valence-electron chi connectivity index (χ1n) is 5.21. The molecule has 0 saturated carbocycles. The minimum atomic E-state index is -0.503. The molecule has 0 fully saturated rings. The van der Waals surface area contributed by atoms with Gasteiger partial charge >= 0.3 is 0 Å². The molecular weight excluding hydrogens is 254 g/mol. The summed E-state index contributed by atoms with van der Waals surface area (Å²) in [6.45, 7) is 1.93. The number of aryl methyl sites for hydroxylation is 1. The van der Waals surface area contributed by atoms with Gasteiger partial charge in [-0.2, -0.15) is 0 Å². The van der Waals surface area contributed by atoms with Crippen molar-refractivity contribution in [1.29, 1.82) is 0 Å². The smallest absolute Gasteiger partial charge is 0.276 e. The van der Waals surface area contributed by atoms with Crippen molar-refractivity contribution in [3.8, 4) is 0 Å². The Morgan fingerprint density at radius 2 is 2.06 bits per heavy atom. The highest BCUT2D eigenvalue weighted by atomic mass is 35.5. The Morgan fingerprint density at radius 1 is 1.33 bits per heavy atom. The van der Waals surface area contributed by atoms with Crippen LogP contribution in [-0.2, 0) is 0 Å². The van der Waals surface area contributed by atoms with Gasteiger partial charge in [-0.3, -0.25) is 10.1 Å². The molecule has 6 heteroatoms. The lowest BCUT2D eigenvalue weighted by atomic mass is 10.2. The molecule has 0 radical (unpaired) electrons. The van der Waals surface area contributed by atoms with Crippen LogP contribution in [0, 0.1) is 17.0 Å². The number of para-hydroxylation sites is 1. The maximum atomic E-state index is 10.7. The highest BCUT2D eigenvalue weighted by Gasteiger charge is 2.10. The first kappa shape index (κ1) is 12.3. The molecule has 1 N–H and O–H groups in total. The Kier molecular flexibility index (Phi) is 3.43. The Labute approximate surface area is 109 Å². The molecule has 0 aliphatic heterocycles. The number of halogens is 1. The number of hydrogen-bond donors (Lipinski definition) is 1. The number of nitrogens with one attached hydrogen (secondary N) is 1. The molecule has 2 aromatic rings. The zero-order chi connectivity index (χ0) is 13.1. The monoisotopic (exact) mass is 263 g/mol. The third kappa shape index (κ3) is 2.75. The van der Waals surface area contributed by atoms with E-state index in [1.807, 2.05) is 31.2 Å². The molecule has 0 aliphatic carbocycles. The standard InChI is InChI=1S/C12H10ClN3O2/c1-8-4-2-3-5-10(8)14-12-7-9(16(17)18)6-11(13)15-12/h2-7H,1H3,(H,14,15). The van der Waals surface area contributed by atoms with Gasteiger partial charge in [0.15, 0.2) is 0 Å². The van der Waals surface area contributed by atoms with E-state index in [-0.39, 0.29) is 10.8 Å². The number of rotatable bonds is 3. The Hall–Kier alpha value is -2.14. The summed E-state index contributed by atoms with van der Waals surface area (Å²) in [5.74, 6) is 0.350. The molecule has 1 heterocycles. The molecule has 0 bridgehead atoms. The van der Waals surface area contributed by atoms with Crippen molar-refractivity contribution in [3.05, 3.63) is 57.2 Å². The van der Waals surface area contributed by atoms with Gasteiger partial charge in [-0.1, -0.05) is 29.8 Å². The Morgan fingerprint density at radius 3 is 2.72 bits per heavy atom. The van der Waals surface area contributed by atoms with Gasteiger partial charge in [0, 0.05) is 5.69 Å². The molecule has 18 heavy (non-hydrogen) atoms. The average molecular weight is 264 g/mol. The van der Waals surface area contributed by atoms with Gasteiger partial charge in [0.1, 0.15) is 11.0 Å². The summed E-state index contributed by atoms with van der Waals surface area (Å²) in [6, 6.07) is 10.1. The predicted octanol–water partition coefficient (Wildman–Crippen LogP) is 3.70. The third-order valence-electron chi connectivity index (χ3n) is 2.40. The van der Waals surface area contributed by atoms with E-state index in [0.29, 0.717) is 5.82 Å². The zero-order valence-corrected chi connectivity index (χ0v) is 10.3. The van der Waals surface area contributed by atoms with Crippen LogP contribution in [0.15, 0.2) is 36.4 Å². The van der Waals surface area contributed by atoms with Crippen LogP contribution in [0.25, 0.3) is 0 Å². The lowest BCUT2D eigenvalue weighted by molar-refractivity contribution is -0.384. The van der Waals surface area contributed by atoms with Crippen LogP contribution in [0.4, 0.5) is 17.2 Å². The first-order chi connectivity index (χ1) is 8.56. The van der Waals surface area contributed by atoms with Crippen molar-refractivity contribution >= 4 is 28.8 Å². The lowest BCUT2D eigenvalue weighted by Crippen LogP contribution is -1.97. The van der Waals surface area contributed by atoms with Crippen molar-refractivity contribution in [3.63, 3.8) is 0 Å². The number of nitrogens with zero attached hydrogens (tertiary/aromatic N) is 2. The van der Waals surface area contributed by atoms with E-state index in [0.717, 1.165) is 11.3 Å². The van der Waals surface area contributed by atoms with Crippen LogP contribution in [0.5, 0.6) is 0 Å². The summed E-state index contributed by atoms with van der Waals surface area (Å²) < 4.78 is 0. The van der Waals surface area contributed by atoms with Gasteiger partial charge in [0.05, 0.1) is 17.1 Å². The van der Waals surface area contributed by atoms with Gasteiger partial charge in [-0.25, -0.2) is 4.98 Å². The highest BCUT2D eigenvalue weighted by Crippen LogP contribution is 2.24. The molecule has 92 valence electrons. The summed E-state index contributed by atoms with van der Waals surface area (Å²) in [5, 5.41) is 13.8. The van der Waals surface area contributed by atoms with E-state index in [9.17, 15) is 10.1 Å². The molecule has 2 rings (SSSR count). The number of pyridine rings is 1. The fourth-order valence-corrected chi connectivity index (χ4v) is 1.71. The van der Waals surface area contributed by atoms with E-state index < -0.39 is 4.92 Å². The van der Waals surface area contributed by atoms with Gasteiger partial charge in [0.25, 0.3) is 5.69 Å². The number of nitro groups is 1. The van der Waals surface area contributed by atoms with Crippen LogP contribution in [-0.4, -0.2) is 9.91 Å². The van der Waals surface area contributed by atoms with E-state index in [1.165, 1.54) is 12.1 Å². The topological polar surface area (TPSA) is 68.1 Å². The molecule has 0 saturated heterocycles.